The second-order valence-corrected chi connectivity index (χ2v) is 6.54. The third-order valence-corrected chi connectivity index (χ3v) is 4.40. The number of methoxy groups -OCH3 is 1. The summed E-state index contributed by atoms with van der Waals surface area (Å²) in [6, 6.07) is 8.80. The van der Waals surface area contributed by atoms with E-state index in [0.29, 0.717) is 22.5 Å². The van der Waals surface area contributed by atoms with Gasteiger partial charge in [-0.2, -0.15) is 10.1 Å². The molecule has 6 nitrogen and oxygen atoms in total. The summed E-state index contributed by atoms with van der Waals surface area (Å²) in [6.45, 7) is 0. The molecule has 0 aliphatic carbocycles. The van der Waals surface area contributed by atoms with E-state index >= 15 is 0 Å². The molecule has 2 aromatic carbocycles. The predicted molar refractivity (Wildman–Crippen MR) is 101 cm³/mol. The van der Waals surface area contributed by atoms with Crippen molar-refractivity contribution in [2.24, 2.45) is 0 Å². The lowest BCUT2D eigenvalue weighted by atomic mass is 10.1. The molecule has 0 amide bonds. The van der Waals surface area contributed by atoms with Crippen molar-refractivity contribution in [3.8, 4) is 17.0 Å². The zero-order valence-electron chi connectivity index (χ0n) is 13.9. The minimum absolute atomic E-state index is 0.0733. The van der Waals surface area contributed by atoms with Crippen molar-refractivity contribution in [1.29, 1.82) is 0 Å². The monoisotopic (exact) mass is 431 g/mol. The van der Waals surface area contributed by atoms with Crippen LogP contribution in [-0.2, 0) is 0 Å². The van der Waals surface area contributed by atoms with E-state index in [9.17, 15) is 8.78 Å². The van der Waals surface area contributed by atoms with Crippen LogP contribution in [0.1, 0.15) is 0 Å². The van der Waals surface area contributed by atoms with Gasteiger partial charge in [-0.15, -0.1) is 0 Å². The van der Waals surface area contributed by atoms with E-state index in [4.69, 9.17) is 4.74 Å². The molecule has 0 saturated heterocycles. The molecule has 4 rings (SSSR count). The van der Waals surface area contributed by atoms with E-state index < -0.39 is 11.6 Å². The highest BCUT2D eigenvalue weighted by atomic mass is 79.9. The van der Waals surface area contributed by atoms with Gasteiger partial charge in [0.2, 0.25) is 5.95 Å². The van der Waals surface area contributed by atoms with E-state index in [2.05, 4.69) is 41.4 Å². The molecule has 0 spiro atoms. The number of aromatic nitrogens is 4. The zero-order chi connectivity index (χ0) is 19.0. The van der Waals surface area contributed by atoms with E-state index in [-0.39, 0.29) is 11.6 Å². The molecule has 27 heavy (non-hydrogen) atoms. The first-order chi connectivity index (χ1) is 13.0. The van der Waals surface area contributed by atoms with Gasteiger partial charge >= 0.3 is 0 Å². The lowest BCUT2D eigenvalue weighted by molar-refractivity contribution is 0.416. The van der Waals surface area contributed by atoms with E-state index in [1.807, 2.05) is 18.2 Å². The van der Waals surface area contributed by atoms with Gasteiger partial charge in [-0.05, 0) is 30.3 Å². The van der Waals surface area contributed by atoms with Crippen LogP contribution in [0, 0.1) is 11.6 Å². The Hall–Kier alpha value is -3.07. The van der Waals surface area contributed by atoms with E-state index in [1.165, 1.54) is 6.07 Å². The summed E-state index contributed by atoms with van der Waals surface area (Å²) in [6.07, 6.45) is 1.57. The molecule has 0 atom stereocenters. The molecule has 0 aliphatic heterocycles. The Kier molecular flexibility index (Phi) is 4.44. The van der Waals surface area contributed by atoms with Gasteiger partial charge in [0.05, 0.1) is 18.2 Å². The van der Waals surface area contributed by atoms with Crippen molar-refractivity contribution in [3.05, 3.63) is 58.7 Å². The van der Waals surface area contributed by atoms with Crippen LogP contribution in [0.2, 0.25) is 0 Å². The Labute approximate surface area is 160 Å². The summed E-state index contributed by atoms with van der Waals surface area (Å²) in [7, 11) is 1.58. The maximum atomic E-state index is 13.8. The highest BCUT2D eigenvalue weighted by Crippen LogP contribution is 2.35. The fraction of sp³-hybridized carbons (Fsp3) is 0.0556. The number of nitrogens with one attached hydrogen (secondary N) is 2. The van der Waals surface area contributed by atoms with Gasteiger partial charge in [-0.25, -0.2) is 13.8 Å². The minimum Gasteiger partial charge on any atom is -0.496 e. The highest BCUT2D eigenvalue weighted by Gasteiger charge is 2.15. The number of hydrogen-bond acceptors (Lipinski definition) is 5. The number of rotatable bonds is 4. The van der Waals surface area contributed by atoms with Crippen LogP contribution in [0.5, 0.6) is 5.75 Å². The first-order valence-electron chi connectivity index (χ1n) is 7.82. The van der Waals surface area contributed by atoms with Crippen LogP contribution in [0.15, 0.2) is 47.1 Å². The fourth-order valence-corrected chi connectivity index (χ4v) is 3.01. The summed E-state index contributed by atoms with van der Waals surface area (Å²) in [4.78, 5) is 8.51. The van der Waals surface area contributed by atoms with Crippen LogP contribution in [0.4, 0.5) is 20.4 Å². The first-order valence-corrected chi connectivity index (χ1v) is 8.61. The van der Waals surface area contributed by atoms with Crippen LogP contribution in [-0.4, -0.2) is 27.3 Å². The summed E-state index contributed by atoms with van der Waals surface area (Å²) in [5, 5.41) is 10.6. The Balaban J connectivity index is 1.73. The predicted octanol–water partition coefficient (Wildman–Crippen LogP) is 4.81. The minimum atomic E-state index is -0.733. The van der Waals surface area contributed by atoms with Crippen LogP contribution >= 0.6 is 15.9 Å². The lowest BCUT2D eigenvalue weighted by Gasteiger charge is -2.07. The third kappa shape index (κ3) is 3.33. The van der Waals surface area contributed by atoms with Crippen molar-refractivity contribution in [2.45, 2.75) is 0 Å². The van der Waals surface area contributed by atoms with Crippen molar-refractivity contribution in [3.63, 3.8) is 0 Å². The van der Waals surface area contributed by atoms with Crippen molar-refractivity contribution < 1.29 is 13.5 Å². The molecule has 0 bridgehead atoms. The second kappa shape index (κ2) is 6.92. The summed E-state index contributed by atoms with van der Waals surface area (Å²) in [5.74, 6) is -0.579. The number of fused-ring (bicyclic) bond motifs is 1. The van der Waals surface area contributed by atoms with Gasteiger partial charge in [-0.1, -0.05) is 15.9 Å². The number of benzene rings is 2. The molecule has 2 aromatic heterocycles. The zero-order valence-corrected chi connectivity index (χ0v) is 15.5. The highest BCUT2D eigenvalue weighted by molar-refractivity contribution is 9.10. The summed E-state index contributed by atoms with van der Waals surface area (Å²) in [5.41, 5.74) is 1.94. The van der Waals surface area contributed by atoms with Gasteiger partial charge in [0.1, 0.15) is 23.1 Å². The quantitative estimate of drug-likeness (QED) is 0.484. The molecule has 0 unspecified atom stereocenters. The molecule has 2 N–H and O–H groups in total. The van der Waals surface area contributed by atoms with Gasteiger partial charge in [0, 0.05) is 22.3 Å². The molecule has 136 valence electrons. The van der Waals surface area contributed by atoms with Crippen LogP contribution in [0.25, 0.3) is 22.3 Å². The molecule has 4 aromatic rings. The molecular formula is C18H12BrF2N5O. The number of halogens is 3. The van der Waals surface area contributed by atoms with Crippen molar-refractivity contribution >= 4 is 38.6 Å². The Morgan fingerprint density at radius 2 is 2.00 bits per heavy atom. The van der Waals surface area contributed by atoms with Gasteiger partial charge in [-0.3, -0.25) is 5.10 Å². The van der Waals surface area contributed by atoms with Crippen LogP contribution < -0.4 is 10.1 Å². The van der Waals surface area contributed by atoms with E-state index in [0.717, 1.165) is 22.2 Å². The van der Waals surface area contributed by atoms with E-state index in [1.54, 1.807) is 13.3 Å². The van der Waals surface area contributed by atoms with Gasteiger partial charge in [0.15, 0.2) is 5.65 Å². The standard InChI is InChI=1S/C18H12BrF2N5O/c1-27-15-5-2-9(19)6-11(15)16-12-8-22-18(24-17(12)26-25-16)23-14-4-3-10(20)7-13(14)21/h2-8H,1H3,(H2,22,23,24,25,26). The Bertz CT molecular complexity index is 1150. The normalized spacial score (nSPS) is 11.0. The number of hydrogen-bond donors (Lipinski definition) is 2. The molecule has 2 heterocycles. The Morgan fingerprint density at radius 1 is 1.15 bits per heavy atom. The summed E-state index contributed by atoms with van der Waals surface area (Å²) >= 11 is 3.44. The molecule has 0 saturated carbocycles. The van der Waals surface area contributed by atoms with Gasteiger partial charge < -0.3 is 10.1 Å². The lowest BCUT2D eigenvalue weighted by Crippen LogP contribution is -1.99. The number of aromatic amines is 1. The number of ether oxygens (including phenoxy) is 1. The smallest absolute Gasteiger partial charge is 0.229 e. The van der Waals surface area contributed by atoms with Crippen molar-refractivity contribution in [2.75, 3.05) is 12.4 Å². The third-order valence-electron chi connectivity index (χ3n) is 3.91. The number of anilines is 2. The molecule has 0 radical (unpaired) electrons. The summed E-state index contributed by atoms with van der Waals surface area (Å²) < 4.78 is 33.1. The topological polar surface area (TPSA) is 75.7 Å². The molecule has 9 heteroatoms. The second-order valence-electron chi connectivity index (χ2n) is 5.62. The van der Waals surface area contributed by atoms with Crippen LogP contribution in [0.3, 0.4) is 0 Å². The van der Waals surface area contributed by atoms with Gasteiger partial charge in [0.25, 0.3) is 0 Å². The maximum Gasteiger partial charge on any atom is 0.229 e. The molecule has 0 aliphatic rings. The Morgan fingerprint density at radius 3 is 2.78 bits per heavy atom. The average molecular weight is 432 g/mol. The first kappa shape index (κ1) is 17.3. The molecule has 0 fully saturated rings. The number of nitrogens with zero attached hydrogens (tertiary/aromatic N) is 3. The average Bonchev–Trinajstić information content (AvgIpc) is 3.07. The van der Waals surface area contributed by atoms with Crippen molar-refractivity contribution in [1.82, 2.24) is 20.2 Å². The fourth-order valence-electron chi connectivity index (χ4n) is 2.65. The maximum absolute atomic E-state index is 13.8. The number of H-pyrrole nitrogens is 1. The SMILES string of the molecule is COc1ccc(Br)cc1-c1n[nH]c2nc(Nc3ccc(F)cc3F)ncc12. The molecular weight excluding hydrogens is 420 g/mol. The largest absolute Gasteiger partial charge is 0.496 e.